The quantitative estimate of drug-likeness (QED) is 0.360. The maximum atomic E-state index is 12.4. The highest BCUT2D eigenvalue weighted by molar-refractivity contribution is 5.93. The maximum absolute atomic E-state index is 12.4. The summed E-state index contributed by atoms with van der Waals surface area (Å²) in [6.45, 7) is 8.92. The standard InChI is InChI=1S/C26H31N7O/c1-4-32(5-2)16-14-25(34)30-21-11-12-23-22(17-21)28-18-33(23)24-13-15-27-26(31-24)29-19(3)20-9-7-6-8-10-20/h6-13,15,17-19H,4-5,14,16H2,1-3H3,(H,30,34)(H,27,29,31)/t19-/m0/s1. The van der Waals surface area contributed by atoms with E-state index in [4.69, 9.17) is 0 Å². The summed E-state index contributed by atoms with van der Waals surface area (Å²) in [6, 6.07) is 17.8. The number of hydrogen-bond acceptors (Lipinski definition) is 6. The molecule has 0 spiro atoms. The van der Waals surface area contributed by atoms with Crippen LogP contribution < -0.4 is 10.6 Å². The van der Waals surface area contributed by atoms with Crippen molar-refractivity contribution in [3.8, 4) is 5.82 Å². The predicted octanol–water partition coefficient (Wildman–Crippen LogP) is 4.66. The van der Waals surface area contributed by atoms with E-state index in [0.717, 1.165) is 47.7 Å². The van der Waals surface area contributed by atoms with E-state index in [1.54, 1.807) is 12.5 Å². The number of hydrogen-bond donors (Lipinski definition) is 2. The van der Waals surface area contributed by atoms with Gasteiger partial charge in [0.25, 0.3) is 0 Å². The van der Waals surface area contributed by atoms with Crippen molar-refractivity contribution in [3.05, 3.63) is 72.7 Å². The smallest absolute Gasteiger partial charge is 0.225 e. The zero-order valence-electron chi connectivity index (χ0n) is 19.9. The molecule has 8 nitrogen and oxygen atoms in total. The Morgan fingerprint density at radius 2 is 1.85 bits per heavy atom. The number of imidazole rings is 1. The third-order valence-corrected chi connectivity index (χ3v) is 5.91. The van der Waals surface area contributed by atoms with Gasteiger partial charge in [-0.2, -0.15) is 4.98 Å². The van der Waals surface area contributed by atoms with Crippen molar-refractivity contribution in [2.75, 3.05) is 30.3 Å². The van der Waals surface area contributed by atoms with Crippen LogP contribution in [0.5, 0.6) is 0 Å². The minimum atomic E-state index is 0.00438. The number of amides is 1. The highest BCUT2D eigenvalue weighted by Crippen LogP contribution is 2.22. The predicted molar refractivity (Wildman–Crippen MR) is 136 cm³/mol. The molecule has 2 aromatic carbocycles. The Morgan fingerprint density at radius 3 is 2.62 bits per heavy atom. The Labute approximate surface area is 200 Å². The highest BCUT2D eigenvalue weighted by Gasteiger charge is 2.12. The Bertz CT molecular complexity index is 1230. The van der Waals surface area contributed by atoms with E-state index >= 15 is 0 Å². The van der Waals surface area contributed by atoms with Gasteiger partial charge in [-0.15, -0.1) is 0 Å². The average molecular weight is 458 g/mol. The zero-order chi connectivity index (χ0) is 23.9. The largest absolute Gasteiger partial charge is 0.348 e. The van der Waals surface area contributed by atoms with Crippen molar-refractivity contribution in [2.45, 2.75) is 33.2 Å². The monoisotopic (exact) mass is 457 g/mol. The topological polar surface area (TPSA) is 88.0 Å². The SMILES string of the molecule is CCN(CC)CCC(=O)Nc1ccc2c(c1)ncn2-c1ccnc(N[C@@H](C)c2ccccc2)n1. The summed E-state index contributed by atoms with van der Waals surface area (Å²) in [5.74, 6) is 1.27. The Balaban J connectivity index is 1.47. The lowest BCUT2D eigenvalue weighted by Gasteiger charge is -2.17. The molecule has 4 aromatic rings. The van der Waals surface area contributed by atoms with E-state index in [-0.39, 0.29) is 11.9 Å². The third-order valence-electron chi connectivity index (χ3n) is 5.91. The van der Waals surface area contributed by atoms with Gasteiger partial charge < -0.3 is 15.5 Å². The van der Waals surface area contributed by atoms with Crippen molar-refractivity contribution in [2.24, 2.45) is 0 Å². The second-order valence-electron chi connectivity index (χ2n) is 8.16. The molecule has 0 aliphatic heterocycles. The second-order valence-corrected chi connectivity index (χ2v) is 8.16. The molecule has 0 unspecified atom stereocenters. The van der Waals surface area contributed by atoms with Gasteiger partial charge in [-0.3, -0.25) is 9.36 Å². The summed E-state index contributed by atoms with van der Waals surface area (Å²) < 4.78 is 1.92. The van der Waals surface area contributed by atoms with Crippen LogP contribution in [0.1, 0.15) is 38.8 Å². The molecule has 4 rings (SSSR count). The number of aromatic nitrogens is 4. The summed E-state index contributed by atoms with van der Waals surface area (Å²) >= 11 is 0. The normalized spacial score (nSPS) is 12.1. The number of fused-ring (bicyclic) bond motifs is 1. The minimum absolute atomic E-state index is 0.00438. The first-order valence-corrected chi connectivity index (χ1v) is 11.7. The Hall–Kier alpha value is -3.78. The van der Waals surface area contributed by atoms with Gasteiger partial charge in [-0.25, -0.2) is 9.97 Å². The van der Waals surface area contributed by atoms with Gasteiger partial charge in [-0.1, -0.05) is 44.2 Å². The van der Waals surface area contributed by atoms with Gasteiger partial charge in [-0.05, 0) is 49.8 Å². The van der Waals surface area contributed by atoms with E-state index in [2.05, 4.69) is 63.4 Å². The second kappa shape index (κ2) is 10.9. The molecule has 2 heterocycles. The molecule has 0 aliphatic rings. The highest BCUT2D eigenvalue weighted by atomic mass is 16.1. The first-order chi connectivity index (χ1) is 16.6. The molecule has 34 heavy (non-hydrogen) atoms. The van der Waals surface area contributed by atoms with Crippen LogP contribution in [-0.4, -0.2) is 50.0 Å². The summed E-state index contributed by atoms with van der Waals surface area (Å²) in [5.41, 5.74) is 3.59. The molecule has 0 bridgehead atoms. The van der Waals surface area contributed by atoms with Crippen LogP contribution in [-0.2, 0) is 4.79 Å². The lowest BCUT2D eigenvalue weighted by Crippen LogP contribution is -2.27. The molecular weight excluding hydrogens is 426 g/mol. The van der Waals surface area contributed by atoms with Crippen LogP contribution in [0.25, 0.3) is 16.9 Å². The van der Waals surface area contributed by atoms with Crippen LogP contribution in [0, 0.1) is 0 Å². The fourth-order valence-corrected chi connectivity index (χ4v) is 3.87. The molecule has 1 amide bonds. The van der Waals surface area contributed by atoms with E-state index in [1.165, 1.54) is 0 Å². The number of nitrogens with one attached hydrogen (secondary N) is 2. The molecule has 176 valence electrons. The van der Waals surface area contributed by atoms with E-state index < -0.39 is 0 Å². The first kappa shape index (κ1) is 23.4. The molecule has 0 saturated heterocycles. The molecular formula is C26H31N7O. The summed E-state index contributed by atoms with van der Waals surface area (Å²) in [5, 5.41) is 6.34. The minimum Gasteiger partial charge on any atom is -0.348 e. The lowest BCUT2D eigenvalue weighted by atomic mass is 10.1. The number of benzene rings is 2. The van der Waals surface area contributed by atoms with Crippen molar-refractivity contribution >= 4 is 28.6 Å². The van der Waals surface area contributed by atoms with Crippen molar-refractivity contribution in [1.82, 2.24) is 24.4 Å². The average Bonchev–Trinajstić information content (AvgIpc) is 3.28. The number of nitrogens with zero attached hydrogens (tertiary/aromatic N) is 5. The third kappa shape index (κ3) is 5.58. The van der Waals surface area contributed by atoms with Crippen molar-refractivity contribution in [3.63, 3.8) is 0 Å². The van der Waals surface area contributed by atoms with Crippen LogP contribution in [0.15, 0.2) is 67.1 Å². The summed E-state index contributed by atoms with van der Waals surface area (Å²) in [6.07, 6.45) is 3.94. The van der Waals surface area contributed by atoms with E-state index in [9.17, 15) is 4.79 Å². The molecule has 0 saturated carbocycles. The zero-order valence-corrected chi connectivity index (χ0v) is 19.9. The van der Waals surface area contributed by atoms with Crippen LogP contribution in [0.3, 0.4) is 0 Å². The first-order valence-electron chi connectivity index (χ1n) is 11.7. The van der Waals surface area contributed by atoms with Crippen molar-refractivity contribution < 1.29 is 4.79 Å². The summed E-state index contributed by atoms with van der Waals surface area (Å²) in [7, 11) is 0. The number of anilines is 2. The fraction of sp³-hybridized carbons (Fsp3) is 0.308. The Kier molecular flexibility index (Phi) is 7.49. The van der Waals surface area contributed by atoms with E-state index in [1.807, 2.05) is 47.0 Å². The Morgan fingerprint density at radius 1 is 1.06 bits per heavy atom. The number of rotatable bonds is 10. The van der Waals surface area contributed by atoms with Gasteiger partial charge in [0, 0.05) is 24.8 Å². The van der Waals surface area contributed by atoms with Crippen molar-refractivity contribution in [1.29, 1.82) is 0 Å². The molecule has 8 heteroatoms. The molecule has 0 aliphatic carbocycles. The van der Waals surface area contributed by atoms with E-state index in [0.29, 0.717) is 12.4 Å². The maximum Gasteiger partial charge on any atom is 0.225 e. The van der Waals surface area contributed by atoms with Crippen LogP contribution in [0.2, 0.25) is 0 Å². The molecule has 2 aromatic heterocycles. The number of carbonyl (C=O) groups is 1. The van der Waals surface area contributed by atoms with Gasteiger partial charge >= 0.3 is 0 Å². The molecule has 1 atom stereocenters. The van der Waals surface area contributed by atoms with Gasteiger partial charge in [0.1, 0.15) is 12.1 Å². The summed E-state index contributed by atoms with van der Waals surface area (Å²) in [4.78, 5) is 28.2. The lowest BCUT2D eigenvalue weighted by molar-refractivity contribution is -0.116. The number of carbonyl (C=O) groups excluding carboxylic acids is 1. The molecule has 0 radical (unpaired) electrons. The van der Waals surface area contributed by atoms with Gasteiger partial charge in [0.15, 0.2) is 0 Å². The van der Waals surface area contributed by atoms with Gasteiger partial charge in [0.05, 0.1) is 17.1 Å². The van der Waals surface area contributed by atoms with Crippen LogP contribution in [0.4, 0.5) is 11.6 Å². The molecule has 2 N–H and O–H groups in total. The van der Waals surface area contributed by atoms with Gasteiger partial charge in [0.2, 0.25) is 11.9 Å². The molecule has 0 fully saturated rings. The van der Waals surface area contributed by atoms with Crippen LogP contribution >= 0.6 is 0 Å². The fourth-order valence-electron chi connectivity index (χ4n) is 3.87.